The molecule has 0 aliphatic carbocycles. The molecule has 0 radical (unpaired) electrons. The van der Waals surface area contributed by atoms with Gasteiger partial charge in [-0.1, -0.05) is 0 Å². The van der Waals surface area contributed by atoms with Crippen molar-refractivity contribution in [1.82, 2.24) is 19.6 Å². The molecule has 2 fully saturated rings. The van der Waals surface area contributed by atoms with E-state index in [4.69, 9.17) is 11.5 Å². The van der Waals surface area contributed by atoms with Crippen LogP contribution >= 0.6 is 0 Å². The van der Waals surface area contributed by atoms with Crippen LogP contribution in [0.25, 0.3) is 0 Å². The normalized spacial score (nSPS) is 30.6. The summed E-state index contributed by atoms with van der Waals surface area (Å²) in [6.07, 6.45) is -9.35. The molecule has 10 atom stereocenters. The lowest BCUT2D eigenvalue weighted by Gasteiger charge is -2.48. The van der Waals surface area contributed by atoms with Crippen LogP contribution in [0.2, 0.25) is 0 Å². The molecule has 2 aliphatic heterocycles. The maximum Gasteiger partial charge on any atom is 0.359 e. The second-order valence-electron chi connectivity index (χ2n) is 11.3. The fraction of sp³-hybridized carbons (Fsp3) is 0.692. The minimum Gasteiger partial charge on any atom is -0.394 e. The van der Waals surface area contributed by atoms with Gasteiger partial charge >= 0.3 is 11.9 Å². The van der Waals surface area contributed by atoms with Gasteiger partial charge in [0, 0.05) is 26.2 Å². The molecule has 0 aromatic rings. The molecule has 2 rings (SSSR count). The lowest BCUT2D eigenvalue weighted by molar-refractivity contribution is -0.188. The van der Waals surface area contributed by atoms with E-state index >= 15 is 0 Å². The van der Waals surface area contributed by atoms with E-state index in [-0.39, 0.29) is 0 Å². The molecule has 284 valence electrons. The highest BCUT2D eigenvalue weighted by atomic mass is 16.7. The topological polar surface area (TPSA) is 379 Å². The number of likely N-dealkylation sites (N-methyl/N-ethyl adjacent to an activating group) is 2. The van der Waals surface area contributed by atoms with Gasteiger partial charge in [-0.2, -0.15) is 0 Å². The molecule has 14 N–H and O–H groups in total. The number of piperidine rings is 2. The molecule has 0 saturated carbocycles. The zero-order chi connectivity index (χ0) is 38.0. The molecular formula is C26H44N8O16. The summed E-state index contributed by atoms with van der Waals surface area (Å²) in [5, 5.41) is 106. The summed E-state index contributed by atoms with van der Waals surface area (Å²) < 4.78 is 0. The van der Waals surface area contributed by atoms with Crippen molar-refractivity contribution in [1.29, 1.82) is 0 Å². The zero-order valence-corrected chi connectivity index (χ0v) is 26.9. The third kappa shape index (κ3) is 9.71. The Morgan fingerprint density at radius 3 is 1.08 bits per heavy atom. The molecule has 24 nitrogen and oxygen atoms in total. The fourth-order valence-corrected chi connectivity index (χ4v) is 5.24. The standard InChI is InChI=1S/C26H44N8O16/c1-31(5-15(39)33-11(7-35)19(43)23(47)20(44)12(33)8-36)25(27)29-49-17(41)3-4-18(42)50-30-26(28)32(2)6-16(40)34-13(9-37)21(45)24(48)22(46)14(34)10-38/h3-4,11-14,19-24,35-38,43-48H,5-10H2,1-2H3,(H2,27,29)(H2,28,30)/b4-3-/t11-,12-,13-,14-,19-,20+,21-,22+,23?,24?/m1/s1. The molecular weight excluding hydrogens is 680 g/mol. The summed E-state index contributed by atoms with van der Waals surface area (Å²) in [6, 6.07) is -5.52. The van der Waals surface area contributed by atoms with E-state index in [2.05, 4.69) is 20.0 Å². The van der Waals surface area contributed by atoms with E-state index in [1.807, 2.05) is 0 Å². The highest BCUT2D eigenvalue weighted by molar-refractivity contribution is 5.93. The number of nitrogens with two attached hydrogens (primary N) is 2. The average molecular weight is 725 g/mol. The Morgan fingerprint density at radius 1 is 0.580 bits per heavy atom. The van der Waals surface area contributed by atoms with Crippen molar-refractivity contribution in [2.45, 2.75) is 60.8 Å². The Bertz CT molecular complexity index is 1160. The van der Waals surface area contributed by atoms with Crippen molar-refractivity contribution >= 4 is 35.7 Å². The molecule has 2 saturated heterocycles. The number of rotatable bonds is 12. The van der Waals surface area contributed by atoms with Crippen molar-refractivity contribution < 1.29 is 79.9 Å². The number of aliphatic hydroxyl groups excluding tert-OH is 10. The summed E-state index contributed by atoms with van der Waals surface area (Å²) >= 11 is 0. The summed E-state index contributed by atoms with van der Waals surface area (Å²) in [5.74, 6) is -5.34. The molecule has 24 heteroatoms. The van der Waals surface area contributed by atoms with Gasteiger partial charge in [-0.25, -0.2) is 9.59 Å². The third-order valence-corrected chi connectivity index (χ3v) is 8.07. The number of carbonyl (C=O) groups is 4. The number of carbonyl (C=O) groups excluding carboxylic acids is 4. The molecule has 0 spiro atoms. The first-order valence-electron chi connectivity index (χ1n) is 14.8. The molecule has 0 bridgehead atoms. The van der Waals surface area contributed by atoms with Crippen LogP contribution in [0.1, 0.15) is 0 Å². The van der Waals surface area contributed by atoms with Crippen LogP contribution in [0.3, 0.4) is 0 Å². The molecule has 50 heavy (non-hydrogen) atoms. The van der Waals surface area contributed by atoms with Crippen molar-refractivity contribution in [2.24, 2.45) is 21.8 Å². The van der Waals surface area contributed by atoms with Gasteiger partial charge in [0.05, 0.1) is 63.7 Å². The first-order valence-corrected chi connectivity index (χ1v) is 14.8. The number of guanidine groups is 2. The summed E-state index contributed by atoms with van der Waals surface area (Å²) in [6.45, 7) is -4.51. The molecule has 0 aromatic heterocycles. The fourth-order valence-electron chi connectivity index (χ4n) is 5.24. The lowest BCUT2D eigenvalue weighted by Crippen LogP contribution is -2.70. The van der Waals surface area contributed by atoms with Crippen LogP contribution in [0, 0.1) is 0 Å². The van der Waals surface area contributed by atoms with Gasteiger partial charge in [0.1, 0.15) is 36.6 Å². The van der Waals surface area contributed by atoms with Crippen LogP contribution in [0.15, 0.2) is 22.5 Å². The average Bonchev–Trinajstić information content (AvgIpc) is 3.09. The Kier molecular flexibility index (Phi) is 15.7. The lowest BCUT2D eigenvalue weighted by atomic mass is 9.88. The third-order valence-electron chi connectivity index (χ3n) is 8.07. The summed E-state index contributed by atoms with van der Waals surface area (Å²) in [5.41, 5.74) is 11.4. The number of likely N-dealkylation sites (tertiary alicyclic amines) is 2. The van der Waals surface area contributed by atoms with Gasteiger partial charge in [0.15, 0.2) is 0 Å². The maximum atomic E-state index is 12.9. The van der Waals surface area contributed by atoms with E-state index in [0.717, 1.165) is 19.6 Å². The van der Waals surface area contributed by atoms with Gasteiger partial charge < -0.3 is 91.8 Å². The number of amides is 2. The minimum atomic E-state index is -1.75. The smallest absolute Gasteiger partial charge is 0.359 e. The number of hydrogen-bond donors (Lipinski definition) is 12. The minimum absolute atomic E-state index is 0.544. The molecule has 0 aromatic carbocycles. The van der Waals surface area contributed by atoms with Crippen LogP contribution in [-0.4, -0.2) is 221 Å². The number of oxime groups is 2. The molecule has 2 amide bonds. The highest BCUT2D eigenvalue weighted by Crippen LogP contribution is 2.26. The largest absolute Gasteiger partial charge is 0.394 e. The van der Waals surface area contributed by atoms with Crippen LogP contribution in [-0.2, 0) is 28.9 Å². The van der Waals surface area contributed by atoms with Gasteiger partial charge in [-0.05, 0) is 10.3 Å². The highest BCUT2D eigenvalue weighted by Gasteiger charge is 2.50. The molecule has 2 unspecified atom stereocenters. The number of nitrogens with zero attached hydrogens (tertiary/aromatic N) is 6. The van der Waals surface area contributed by atoms with Crippen LogP contribution < -0.4 is 11.5 Å². The molecule has 2 aliphatic rings. The van der Waals surface area contributed by atoms with Crippen molar-refractivity contribution in [3.63, 3.8) is 0 Å². The molecule has 2 heterocycles. The quantitative estimate of drug-likeness (QED) is 0.0292. The zero-order valence-electron chi connectivity index (χ0n) is 26.9. The van der Waals surface area contributed by atoms with Gasteiger partial charge in [0.2, 0.25) is 23.7 Å². The maximum absolute atomic E-state index is 12.9. The summed E-state index contributed by atoms with van der Waals surface area (Å²) in [7, 11) is 2.47. The van der Waals surface area contributed by atoms with E-state index in [9.17, 15) is 70.2 Å². The predicted octanol–water partition coefficient (Wildman–Crippen LogP) is -9.75. The van der Waals surface area contributed by atoms with Gasteiger partial charge in [0.25, 0.3) is 0 Å². The monoisotopic (exact) mass is 724 g/mol. The Labute approximate surface area is 283 Å². The Balaban J connectivity index is 1.93. The Hall–Kier alpha value is -4.24. The van der Waals surface area contributed by atoms with E-state index in [1.165, 1.54) is 14.1 Å². The van der Waals surface area contributed by atoms with Crippen molar-refractivity contribution in [3.05, 3.63) is 12.2 Å². The van der Waals surface area contributed by atoms with Gasteiger partial charge in [-0.15, -0.1) is 0 Å². The van der Waals surface area contributed by atoms with Crippen LogP contribution in [0.5, 0.6) is 0 Å². The van der Waals surface area contributed by atoms with E-state index in [1.54, 1.807) is 0 Å². The first-order chi connectivity index (χ1) is 23.5. The van der Waals surface area contributed by atoms with Crippen molar-refractivity contribution in [3.8, 4) is 0 Å². The van der Waals surface area contributed by atoms with Crippen molar-refractivity contribution in [2.75, 3.05) is 53.6 Å². The van der Waals surface area contributed by atoms with Gasteiger partial charge in [-0.3, -0.25) is 9.59 Å². The first kappa shape index (κ1) is 41.9. The second kappa shape index (κ2) is 18.7. The van der Waals surface area contributed by atoms with Crippen LogP contribution in [0.4, 0.5) is 0 Å². The Morgan fingerprint density at radius 2 is 0.840 bits per heavy atom. The van der Waals surface area contributed by atoms with E-state index in [0.29, 0.717) is 12.2 Å². The number of hydrogen-bond acceptors (Lipinski definition) is 18. The number of aliphatic hydroxyl groups is 10. The van der Waals surface area contributed by atoms with E-state index < -0.39 is 136 Å². The predicted molar refractivity (Wildman–Crippen MR) is 163 cm³/mol. The SMILES string of the molecule is CN(CC(=O)N1[C@H](CO)[C@H](O)C(O)[C@H](O)[C@H]1CO)C(N)=NOC(=O)/C=C\C(=O)ON=C(N)N(C)CC(=O)N1[C@H](CO)[C@H](O)C(O)[C@H](O)[C@H]1CO. The second-order valence-corrected chi connectivity index (χ2v) is 11.3. The summed E-state index contributed by atoms with van der Waals surface area (Å²) in [4.78, 5) is 62.4.